The van der Waals surface area contributed by atoms with Crippen LogP contribution in [0.25, 0.3) is 22.6 Å². The molecule has 2 aliphatic rings. The van der Waals surface area contributed by atoms with E-state index >= 15 is 0 Å². The van der Waals surface area contributed by atoms with Gasteiger partial charge in [0.15, 0.2) is 5.82 Å². The predicted molar refractivity (Wildman–Crippen MR) is 106 cm³/mol. The van der Waals surface area contributed by atoms with Crippen molar-refractivity contribution >= 4 is 19.6 Å². The molecule has 160 valence electrons. The third kappa shape index (κ3) is 3.59. The molecule has 13 heteroatoms. The molecule has 2 atom stereocenters. The van der Waals surface area contributed by atoms with Crippen LogP contribution in [0.15, 0.2) is 36.5 Å². The molecular weight excluding hydrogens is 427 g/mol. The fraction of sp³-hybridized carbons (Fsp3) is 0.278. The zero-order valence-corrected chi connectivity index (χ0v) is 17.1. The molecular formula is C18H17N6O6P. The third-order valence-electron chi connectivity index (χ3n) is 5.33. The summed E-state index contributed by atoms with van der Waals surface area (Å²) >= 11 is 0. The fourth-order valence-electron chi connectivity index (χ4n) is 3.91. The highest BCUT2D eigenvalue weighted by molar-refractivity contribution is 7.46. The van der Waals surface area contributed by atoms with Gasteiger partial charge in [0.2, 0.25) is 0 Å². The maximum absolute atomic E-state index is 12.3. The first-order valence-electron chi connectivity index (χ1n) is 9.32. The number of amides is 1. The van der Waals surface area contributed by atoms with E-state index in [1.54, 1.807) is 13.2 Å². The van der Waals surface area contributed by atoms with Crippen LogP contribution in [-0.2, 0) is 27.3 Å². The summed E-state index contributed by atoms with van der Waals surface area (Å²) in [4.78, 5) is 36.1. The summed E-state index contributed by atoms with van der Waals surface area (Å²) in [6.45, 7) is -0.375. The summed E-state index contributed by atoms with van der Waals surface area (Å²) in [6, 6.07) is 9.06. The van der Waals surface area contributed by atoms with Gasteiger partial charge in [-0.25, -0.2) is 14.0 Å². The van der Waals surface area contributed by atoms with Gasteiger partial charge >= 0.3 is 13.9 Å². The molecule has 0 radical (unpaired) electrons. The number of anilines is 1. The van der Waals surface area contributed by atoms with Crippen molar-refractivity contribution in [2.75, 3.05) is 11.5 Å². The number of nitrogens with zero attached hydrogens (tertiary/aromatic N) is 6. The lowest BCUT2D eigenvalue weighted by Gasteiger charge is -2.16. The second-order valence-electron chi connectivity index (χ2n) is 7.25. The number of aromatic nitrogens is 5. The van der Waals surface area contributed by atoms with Gasteiger partial charge in [0.1, 0.15) is 11.8 Å². The molecule has 0 spiro atoms. The Morgan fingerprint density at radius 2 is 2.06 bits per heavy atom. The number of pyridine rings is 1. The number of hydrogen-bond donors (Lipinski definition) is 2. The minimum absolute atomic E-state index is 0.375. The molecule has 2 unspecified atom stereocenters. The molecule has 4 heterocycles. The summed E-state index contributed by atoms with van der Waals surface area (Å²) in [6.07, 6.45) is 0.892. The van der Waals surface area contributed by atoms with Crippen LogP contribution in [-0.4, -0.2) is 59.8 Å². The molecule has 1 saturated heterocycles. The van der Waals surface area contributed by atoms with Crippen molar-refractivity contribution in [3.05, 3.63) is 42.1 Å². The quantitative estimate of drug-likeness (QED) is 0.551. The Kier molecular flexibility index (Phi) is 4.59. The van der Waals surface area contributed by atoms with Gasteiger partial charge in [-0.3, -0.25) is 14.4 Å². The van der Waals surface area contributed by atoms with E-state index in [2.05, 4.69) is 25.0 Å². The minimum Gasteiger partial charge on any atom is -0.441 e. The second kappa shape index (κ2) is 7.20. The highest BCUT2D eigenvalue weighted by Crippen LogP contribution is 2.42. The maximum Gasteiger partial charge on any atom is 0.469 e. The molecule has 1 fully saturated rings. The average molecular weight is 444 g/mol. The number of ether oxygens (including phenoxy) is 1. The van der Waals surface area contributed by atoms with Gasteiger partial charge < -0.3 is 14.5 Å². The van der Waals surface area contributed by atoms with E-state index in [1.165, 1.54) is 9.58 Å². The smallest absolute Gasteiger partial charge is 0.441 e. The van der Waals surface area contributed by atoms with Gasteiger partial charge in [0, 0.05) is 18.8 Å². The van der Waals surface area contributed by atoms with Crippen molar-refractivity contribution in [1.82, 2.24) is 25.2 Å². The summed E-state index contributed by atoms with van der Waals surface area (Å²) < 4.78 is 22.3. The van der Waals surface area contributed by atoms with Crippen molar-refractivity contribution in [2.24, 2.45) is 7.05 Å². The number of benzene rings is 1. The van der Waals surface area contributed by atoms with Crippen LogP contribution < -0.4 is 4.90 Å². The van der Waals surface area contributed by atoms with Crippen molar-refractivity contribution in [2.45, 2.75) is 18.6 Å². The van der Waals surface area contributed by atoms with Crippen LogP contribution in [0.1, 0.15) is 5.56 Å². The standard InChI is InChI=1S/C18H17N6O6P/c1-23-17(20-21-22-23)13-4-2-11(8-19-13)10-3-5-14-12(6-10)7-15-16(9-29-31(26,27)28)30-18(25)24(14)15/h2-6,8,15-16H,7,9H2,1H3,(H2,26,27,28). The first kappa shape index (κ1) is 19.8. The predicted octanol–water partition coefficient (Wildman–Crippen LogP) is 1.30. The number of carbonyl (C=O) groups excluding carboxylic acids is 1. The molecule has 1 amide bonds. The number of fused-ring (bicyclic) bond motifs is 3. The molecule has 2 aliphatic heterocycles. The van der Waals surface area contributed by atoms with Crippen molar-refractivity contribution in [3.8, 4) is 22.6 Å². The second-order valence-corrected chi connectivity index (χ2v) is 8.49. The number of hydrogen-bond acceptors (Lipinski definition) is 8. The number of rotatable bonds is 5. The van der Waals surface area contributed by atoms with Crippen LogP contribution in [0.3, 0.4) is 0 Å². The van der Waals surface area contributed by atoms with Crippen molar-refractivity contribution in [1.29, 1.82) is 0 Å². The number of tetrazole rings is 1. The Morgan fingerprint density at radius 1 is 1.26 bits per heavy atom. The number of phosphoric ester groups is 1. The average Bonchev–Trinajstić information content (AvgIpc) is 3.40. The lowest BCUT2D eigenvalue weighted by atomic mass is 10.0. The highest BCUT2D eigenvalue weighted by atomic mass is 31.2. The van der Waals surface area contributed by atoms with E-state index in [0.717, 1.165) is 16.7 Å². The SMILES string of the molecule is Cn1nnnc1-c1ccc(-c2ccc3c(c2)CC2C(COP(=O)(O)O)OC(=O)N32)cn1. The van der Waals surface area contributed by atoms with Gasteiger partial charge in [0.05, 0.1) is 18.3 Å². The maximum atomic E-state index is 12.3. The van der Waals surface area contributed by atoms with Gasteiger partial charge in [-0.15, -0.1) is 5.10 Å². The van der Waals surface area contributed by atoms with Gasteiger partial charge in [-0.05, 0) is 46.2 Å². The molecule has 1 aromatic carbocycles. The number of cyclic esters (lactones) is 1. The molecule has 12 nitrogen and oxygen atoms in total. The molecule has 2 aromatic heterocycles. The first-order chi connectivity index (χ1) is 14.8. The van der Waals surface area contributed by atoms with E-state index in [9.17, 15) is 9.36 Å². The Bertz CT molecular complexity index is 1210. The van der Waals surface area contributed by atoms with E-state index in [1.807, 2.05) is 30.3 Å². The summed E-state index contributed by atoms with van der Waals surface area (Å²) in [5.74, 6) is 0.559. The molecule has 5 rings (SSSR count). The third-order valence-corrected chi connectivity index (χ3v) is 5.82. The van der Waals surface area contributed by atoms with Gasteiger partial charge in [-0.1, -0.05) is 12.1 Å². The van der Waals surface area contributed by atoms with Gasteiger partial charge in [-0.2, -0.15) is 0 Å². The zero-order chi connectivity index (χ0) is 21.8. The molecule has 2 N–H and O–H groups in total. The highest BCUT2D eigenvalue weighted by Gasteiger charge is 2.48. The molecule has 3 aromatic rings. The van der Waals surface area contributed by atoms with Gasteiger partial charge in [0.25, 0.3) is 0 Å². The Balaban J connectivity index is 1.38. The molecule has 0 saturated carbocycles. The van der Waals surface area contributed by atoms with Crippen LogP contribution >= 0.6 is 7.82 Å². The van der Waals surface area contributed by atoms with Crippen LogP contribution in [0.5, 0.6) is 0 Å². The number of aryl methyl sites for hydroxylation is 1. The summed E-state index contributed by atoms with van der Waals surface area (Å²) in [7, 11) is -2.91. The minimum atomic E-state index is -4.65. The van der Waals surface area contributed by atoms with Crippen molar-refractivity contribution in [3.63, 3.8) is 0 Å². The van der Waals surface area contributed by atoms with Crippen LogP contribution in [0.4, 0.5) is 10.5 Å². The number of phosphoric acid groups is 1. The zero-order valence-electron chi connectivity index (χ0n) is 16.2. The lowest BCUT2D eigenvalue weighted by molar-refractivity contribution is 0.0761. The summed E-state index contributed by atoms with van der Waals surface area (Å²) in [5, 5.41) is 11.4. The van der Waals surface area contributed by atoms with Crippen molar-refractivity contribution < 1.29 is 28.4 Å². The topological polar surface area (TPSA) is 153 Å². The van der Waals surface area contributed by atoms with Crippen LogP contribution in [0, 0.1) is 0 Å². The van der Waals surface area contributed by atoms with E-state index in [4.69, 9.17) is 14.5 Å². The number of carbonyl (C=O) groups is 1. The molecule has 31 heavy (non-hydrogen) atoms. The lowest BCUT2D eigenvalue weighted by Crippen LogP contribution is -2.35. The van der Waals surface area contributed by atoms with Crippen LogP contribution in [0.2, 0.25) is 0 Å². The largest absolute Gasteiger partial charge is 0.469 e. The van der Waals surface area contributed by atoms with E-state index in [-0.39, 0.29) is 12.6 Å². The Labute approximate surface area is 175 Å². The Morgan fingerprint density at radius 3 is 2.74 bits per heavy atom. The first-order valence-corrected chi connectivity index (χ1v) is 10.9. The normalized spacial score (nSPS) is 20.0. The molecule has 0 aliphatic carbocycles. The summed E-state index contributed by atoms with van der Waals surface area (Å²) in [5.41, 5.74) is 4.10. The van der Waals surface area contributed by atoms with E-state index in [0.29, 0.717) is 23.6 Å². The Hall–Kier alpha value is -3.18. The van der Waals surface area contributed by atoms with E-state index < -0.39 is 20.0 Å². The monoisotopic (exact) mass is 444 g/mol. The molecule has 0 bridgehead atoms. The fourth-order valence-corrected chi connectivity index (χ4v) is 4.26.